The Labute approximate surface area is 145 Å². The third-order valence-corrected chi connectivity index (χ3v) is 6.06. The summed E-state index contributed by atoms with van der Waals surface area (Å²) in [6, 6.07) is 7.50. The van der Waals surface area contributed by atoms with Gasteiger partial charge >= 0.3 is 0 Å². The van der Waals surface area contributed by atoms with Crippen LogP contribution in [0, 0.1) is 0 Å². The third kappa shape index (κ3) is 3.14. The number of hydrogen-bond donors (Lipinski definition) is 1. The fourth-order valence-corrected chi connectivity index (χ4v) is 4.35. The van der Waals surface area contributed by atoms with Crippen LogP contribution < -0.4 is 5.32 Å². The molecule has 0 unspecified atom stereocenters. The smallest absolute Gasteiger partial charge is 0.253 e. The molecule has 1 saturated carbocycles. The van der Waals surface area contributed by atoms with Gasteiger partial charge in [0, 0.05) is 22.0 Å². The zero-order valence-corrected chi connectivity index (χ0v) is 14.8. The van der Waals surface area contributed by atoms with Gasteiger partial charge in [-0.25, -0.2) is 0 Å². The molecule has 6 heteroatoms. The molecular weight excluding hydrogens is 393 g/mol. The van der Waals surface area contributed by atoms with Gasteiger partial charge in [0.2, 0.25) is 0 Å². The first-order valence-electron chi connectivity index (χ1n) is 6.55. The van der Waals surface area contributed by atoms with Gasteiger partial charge in [0.05, 0.1) is 9.35 Å². The molecular formula is C15H12BrCl2NOS. The Kier molecular flexibility index (Phi) is 4.60. The monoisotopic (exact) mass is 403 g/mol. The SMILES string of the molecule is O=C(N[C@H]1CC[C@H]1c1ccc(Cl)cc1Cl)c1ccsc1Br. The average Bonchev–Trinajstić information content (AvgIpc) is 2.84. The van der Waals surface area contributed by atoms with Crippen LogP contribution in [-0.4, -0.2) is 11.9 Å². The summed E-state index contributed by atoms with van der Waals surface area (Å²) in [6.45, 7) is 0. The Morgan fingerprint density at radius 1 is 1.29 bits per heavy atom. The molecule has 2 atom stereocenters. The van der Waals surface area contributed by atoms with E-state index in [9.17, 15) is 4.79 Å². The van der Waals surface area contributed by atoms with E-state index < -0.39 is 0 Å². The Balaban J connectivity index is 1.73. The fraction of sp³-hybridized carbons (Fsp3) is 0.267. The lowest BCUT2D eigenvalue weighted by Gasteiger charge is -2.38. The van der Waals surface area contributed by atoms with Crippen LogP contribution in [-0.2, 0) is 0 Å². The van der Waals surface area contributed by atoms with Crippen molar-refractivity contribution in [3.05, 3.63) is 54.6 Å². The number of nitrogens with one attached hydrogen (secondary N) is 1. The van der Waals surface area contributed by atoms with E-state index >= 15 is 0 Å². The molecule has 2 aromatic rings. The number of carbonyl (C=O) groups excluding carboxylic acids is 1. The molecule has 1 heterocycles. The maximum atomic E-state index is 12.3. The summed E-state index contributed by atoms with van der Waals surface area (Å²) in [5.74, 6) is 0.221. The Hall–Kier alpha value is -0.550. The predicted octanol–water partition coefficient (Wildman–Crippen LogP) is 5.49. The van der Waals surface area contributed by atoms with Crippen LogP contribution in [0.1, 0.15) is 34.7 Å². The predicted molar refractivity (Wildman–Crippen MR) is 91.7 cm³/mol. The average molecular weight is 405 g/mol. The van der Waals surface area contributed by atoms with Crippen molar-refractivity contribution in [1.82, 2.24) is 5.32 Å². The second-order valence-corrected chi connectivity index (χ2v) is 8.12. The molecule has 3 rings (SSSR count). The maximum absolute atomic E-state index is 12.3. The summed E-state index contributed by atoms with van der Waals surface area (Å²) < 4.78 is 0.861. The van der Waals surface area contributed by atoms with Gasteiger partial charge in [-0.1, -0.05) is 29.3 Å². The summed E-state index contributed by atoms with van der Waals surface area (Å²) in [5, 5.41) is 6.29. The highest BCUT2D eigenvalue weighted by molar-refractivity contribution is 9.11. The molecule has 0 saturated heterocycles. The molecule has 110 valence electrons. The highest BCUT2D eigenvalue weighted by Gasteiger charge is 2.35. The molecule has 1 aliphatic rings. The van der Waals surface area contributed by atoms with Gasteiger partial charge in [0.15, 0.2) is 0 Å². The molecule has 21 heavy (non-hydrogen) atoms. The van der Waals surface area contributed by atoms with Crippen LogP contribution >= 0.6 is 50.5 Å². The molecule has 0 bridgehead atoms. The first-order valence-corrected chi connectivity index (χ1v) is 8.98. The van der Waals surface area contributed by atoms with Crippen LogP contribution in [0.4, 0.5) is 0 Å². The van der Waals surface area contributed by atoms with Gasteiger partial charge in [-0.2, -0.15) is 0 Å². The van der Waals surface area contributed by atoms with Crippen LogP contribution in [0.5, 0.6) is 0 Å². The maximum Gasteiger partial charge on any atom is 0.253 e. The van der Waals surface area contributed by atoms with E-state index in [1.54, 1.807) is 6.07 Å². The Morgan fingerprint density at radius 2 is 2.10 bits per heavy atom. The zero-order chi connectivity index (χ0) is 15.0. The summed E-state index contributed by atoms with van der Waals surface area (Å²) >= 11 is 17.1. The topological polar surface area (TPSA) is 29.1 Å². The van der Waals surface area contributed by atoms with Gasteiger partial charge < -0.3 is 5.32 Å². The number of hydrogen-bond acceptors (Lipinski definition) is 2. The van der Waals surface area contributed by atoms with E-state index in [2.05, 4.69) is 21.2 Å². The minimum Gasteiger partial charge on any atom is -0.349 e. The van der Waals surface area contributed by atoms with Crippen molar-refractivity contribution in [2.24, 2.45) is 0 Å². The molecule has 1 amide bonds. The quantitative estimate of drug-likeness (QED) is 0.719. The van der Waals surface area contributed by atoms with Gasteiger partial charge in [-0.3, -0.25) is 4.79 Å². The van der Waals surface area contributed by atoms with Crippen LogP contribution in [0.2, 0.25) is 10.0 Å². The molecule has 0 spiro atoms. The van der Waals surface area contributed by atoms with E-state index in [0.717, 1.165) is 22.2 Å². The van der Waals surface area contributed by atoms with Crippen molar-refractivity contribution in [3.8, 4) is 0 Å². The number of amides is 1. The second-order valence-electron chi connectivity index (χ2n) is 5.04. The minimum atomic E-state index is -0.0390. The summed E-state index contributed by atoms with van der Waals surface area (Å²) in [4.78, 5) is 12.3. The number of thiophene rings is 1. The molecule has 1 aliphatic carbocycles. The standard InChI is InChI=1S/C15H12BrCl2NOS/c16-14-11(5-6-21-14)15(20)19-13-4-3-10(13)9-2-1-8(17)7-12(9)18/h1-2,5-7,10,13H,3-4H2,(H,19,20)/t10-,13-/m0/s1. The van der Waals surface area contributed by atoms with Gasteiger partial charge in [0.1, 0.15) is 0 Å². The lowest BCUT2D eigenvalue weighted by atomic mass is 9.75. The summed E-state index contributed by atoms with van der Waals surface area (Å²) in [7, 11) is 0. The lowest BCUT2D eigenvalue weighted by molar-refractivity contribution is 0.0904. The largest absolute Gasteiger partial charge is 0.349 e. The molecule has 0 radical (unpaired) electrons. The van der Waals surface area contributed by atoms with Gasteiger partial charge in [-0.05, 0) is 57.9 Å². The first kappa shape index (κ1) is 15.3. The molecule has 1 aromatic carbocycles. The molecule has 0 aliphatic heterocycles. The first-order chi connectivity index (χ1) is 10.1. The highest BCUT2D eigenvalue weighted by Crippen LogP contribution is 2.41. The molecule has 1 fully saturated rings. The van der Waals surface area contributed by atoms with Gasteiger partial charge in [-0.15, -0.1) is 11.3 Å². The number of benzene rings is 1. The van der Waals surface area contributed by atoms with Crippen molar-refractivity contribution < 1.29 is 4.79 Å². The van der Waals surface area contributed by atoms with Crippen LogP contribution in [0.25, 0.3) is 0 Å². The van der Waals surface area contributed by atoms with Crippen molar-refractivity contribution in [2.45, 2.75) is 24.8 Å². The third-order valence-electron chi connectivity index (χ3n) is 3.82. The van der Waals surface area contributed by atoms with Crippen molar-refractivity contribution in [3.63, 3.8) is 0 Å². The summed E-state index contributed by atoms with van der Waals surface area (Å²) in [5.41, 5.74) is 1.75. The Morgan fingerprint density at radius 3 is 2.67 bits per heavy atom. The molecule has 2 nitrogen and oxygen atoms in total. The van der Waals surface area contributed by atoms with Crippen molar-refractivity contribution >= 4 is 56.4 Å². The van der Waals surface area contributed by atoms with E-state index in [1.807, 2.05) is 23.6 Å². The fourth-order valence-electron chi connectivity index (χ4n) is 2.55. The van der Waals surface area contributed by atoms with E-state index in [4.69, 9.17) is 23.2 Å². The van der Waals surface area contributed by atoms with Crippen molar-refractivity contribution in [1.29, 1.82) is 0 Å². The van der Waals surface area contributed by atoms with Crippen LogP contribution in [0.3, 0.4) is 0 Å². The van der Waals surface area contributed by atoms with E-state index in [-0.39, 0.29) is 17.9 Å². The van der Waals surface area contributed by atoms with E-state index in [0.29, 0.717) is 15.6 Å². The van der Waals surface area contributed by atoms with Gasteiger partial charge in [0.25, 0.3) is 5.91 Å². The molecule has 1 N–H and O–H groups in total. The number of halogens is 3. The summed E-state index contributed by atoms with van der Waals surface area (Å²) in [6.07, 6.45) is 1.99. The minimum absolute atomic E-state index is 0.0390. The number of rotatable bonds is 3. The normalized spacial score (nSPS) is 20.9. The Bertz CT molecular complexity index is 688. The van der Waals surface area contributed by atoms with Crippen molar-refractivity contribution in [2.75, 3.05) is 0 Å². The lowest BCUT2D eigenvalue weighted by Crippen LogP contribution is -2.45. The van der Waals surface area contributed by atoms with E-state index in [1.165, 1.54) is 11.3 Å². The number of carbonyl (C=O) groups is 1. The zero-order valence-electron chi connectivity index (χ0n) is 10.9. The highest BCUT2D eigenvalue weighted by atomic mass is 79.9. The molecule has 1 aromatic heterocycles. The second kappa shape index (κ2) is 6.29. The van der Waals surface area contributed by atoms with Crippen LogP contribution in [0.15, 0.2) is 33.4 Å².